The van der Waals surface area contributed by atoms with Crippen LogP contribution in [0.15, 0.2) is 12.1 Å². The third-order valence-corrected chi connectivity index (χ3v) is 2.24. The van der Waals surface area contributed by atoms with E-state index in [2.05, 4.69) is 9.47 Å². The molecule has 1 aliphatic rings. The van der Waals surface area contributed by atoms with Crippen LogP contribution in [0.3, 0.4) is 0 Å². The van der Waals surface area contributed by atoms with Crippen molar-refractivity contribution in [3.05, 3.63) is 17.7 Å². The summed E-state index contributed by atoms with van der Waals surface area (Å²) in [6.45, 7) is 0. The Morgan fingerprint density at radius 2 is 2.17 bits per heavy atom. The van der Waals surface area contributed by atoms with E-state index in [4.69, 9.17) is 18.3 Å². The number of rotatable bonds is 3. The second kappa shape index (κ2) is 3.99. The molecule has 0 bridgehead atoms. The van der Waals surface area contributed by atoms with Crippen molar-refractivity contribution in [2.24, 2.45) is 5.73 Å². The van der Waals surface area contributed by atoms with Crippen molar-refractivity contribution in [1.82, 2.24) is 0 Å². The van der Waals surface area contributed by atoms with Crippen LogP contribution >= 0.6 is 0 Å². The van der Waals surface area contributed by atoms with Crippen LogP contribution in [0.2, 0.25) is 0 Å². The molecule has 0 aromatic heterocycles. The van der Waals surface area contributed by atoms with E-state index in [0.29, 0.717) is 5.56 Å². The van der Waals surface area contributed by atoms with Gasteiger partial charge in [0, 0.05) is 6.42 Å². The van der Waals surface area contributed by atoms with Crippen LogP contribution in [-0.4, -0.2) is 32.0 Å². The lowest BCUT2D eigenvalue weighted by atomic mass is 9.86. The lowest BCUT2D eigenvalue weighted by Crippen LogP contribution is -2.42. The monoisotopic (exact) mass is 257 g/mol. The van der Waals surface area contributed by atoms with Gasteiger partial charge in [0.2, 0.25) is 5.75 Å². The Hall–Kier alpha value is -1.54. The van der Waals surface area contributed by atoms with Gasteiger partial charge in [0.05, 0.1) is 12.7 Å². The zero-order valence-electron chi connectivity index (χ0n) is 9.44. The fourth-order valence-corrected chi connectivity index (χ4v) is 1.66. The molecule has 2 rings (SSSR count). The molecular weight excluding hydrogens is 247 g/mol. The molecule has 96 valence electrons. The fourth-order valence-electron chi connectivity index (χ4n) is 1.66. The molecule has 1 unspecified atom stereocenters. The summed E-state index contributed by atoms with van der Waals surface area (Å²) in [6.07, 6.45) is -3.90. The summed E-state index contributed by atoms with van der Waals surface area (Å²) >= 11 is 0. The van der Waals surface area contributed by atoms with Crippen molar-refractivity contribution in [3.63, 3.8) is 0 Å². The Bertz CT molecular complexity index is 476. The third-order valence-electron chi connectivity index (χ3n) is 2.24. The number of methoxy groups -OCH3 is 1. The SMILES string of the molecule is [B]C(N)(O)Cc1cc(OC)c2c(c1)OC(F)(F)O2. The number of hydrogen-bond acceptors (Lipinski definition) is 5. The van der Waals surface area contributed by atoms with Gasteiger partial charge >= 0.3 is 6.29 Å². The van der Waals surface area contributed by atoms with Crippen LogP contribution < -0.4 is 19.9 Å². The molecule has 0 saturated carbocycles. The normalized spacial score (nSPS) is 19.4. The molecule has 1 aromatic carbocycles. The topological polar surface area (TPSA) is 73.9 Å². The van der Waals surface area contributed by atoms with Gasteiger partial charge in [-0.2, -0.15) is 0 Å². The lowest BCUT2D eigenvalue weighted by molar-refractivity contribution is -0.287. The van der Waals surface area contributed by atoms with Crippen molar-refractivity contribution in [2.75, 3.05) is 7.11 Å². The molecule has 1 aromatic rings. The number of nitrogens with two attached hydrogens (primary N) is 1. The maximum atomic E-state index is 12.9. The highest BCUT2D eigenvalue weighted by Crippen LogP contribution is 2.47. The van der Waals surface area contributed by atoms with E-state index < -0.39 is 11.9 Å². The Morgan fingerprint density at radius 3 is 2.72 bits per heavy atom. The number of aliphatic hydroxyl groups is 1. The number of halogens is 2. The van der Waals surface area contributed by atoms with Crippen LogP contribution in [0.5, 0.6) is 17.2 Å². The van der Waals surface area contributed by atoms with Crippen molar-refractivity contribution in [1.29, 1.82) is 0 Å². The predicted molar refractivity (Wildman–Crippen MR) is 57.8 cm³/mol. The van der Waals surface area contributed by atoms with E-state index >= 15 is 0 Å². The molecule has 2 radical (unpaired) electrons. The fraction of sp³-hybridized carbons (Fsp3) is 0.400. The molecule has 1 aliphatic heterocycles. The largest absolute Gasteiger partial charge is 0.586 e. The van der Waals surface area contributed by atoms with Gasteiger partial charge in [-0.15, -0.1) is 8.78 Å². The first kappa shape index (κ1) is 12.9. The van der Waals surface area contributed by atoms with Gasteiger partial charge in [0.1, 0.15) is 7.85 Å². The summed E-state index contributed by atoms with van der Waals surface area (Å²) in [5.41, 5.74) is 3.65. The van der Waals surface area contributed by atoms with Crippen molar-refractivity contribution >= 4 is 7.85 Å². The van der Waals surface area contributed by atoms with E-state index in [1.807, 2.05) is 0 Å². The molecule has 5 nitrogen and oxygen atoms in total. The van der Waals surface area contributed by atoms with E-state index in [9.17, 15) is 13.9 Å². The first-order valence-electron chi connectivity index (χ1n) is 4.97. The van der Waals surface area contributed by atoms with Crippen LogP contribution in [0.4, 0.5) is 8.78 Å². The van der Waals surface area contributed by atoms with Gasteiger partial charge in [0.25, 0.3) is 0 Å². The van der Waals surface area contributed by atoms with Gasteiger partial charge in [-0.3, -0.25) is 0 Å². The van der Waals surface area contributed by atoms with Crippen LogP contribution in [0.1, 0.15) is 5.56 Å². The molecule has 3 N–H and O–H groups in total. The molecular formula is C10H10BF2NO4. The summed E-state index contributed by atoms with van der Waals surface area (Å²) in [6, 6.07) is 2.64. The minimum atomic E-state index is -3.74. The molecule has 18 heavy (non-hydrogen) atoms. The maximum Gasteiger partial charge on any atom is 0.586 e. The summed E-state index contributed by atoms with van der Waals surface area (Å²) in [5.74, 6) is -0.355. The number of ether oxygens (including phenoxy) is 3. The molecule has 0 amide bonds. The standard InChI is InChI=1S/C10H10BF2NO4/c1-16-6-2-5(4-9(11,14)15)3-7-8(6)18-10(12,13)17-7/h2-3,15H,4,14H2,1H3. The van der Waals surface area contributed by atoms with Gasteiger partial charge in [0.15, 0.2) is 11.5 Å². The Morgan fingerprint density at radius 1 is 1.50 bits per heavy atom. The smallest absolute Gasteiger partial charge is 0.493 e. The zero-order chi connectivity index (χ0) is 13.6. The highest BCUT2D eigenvalue weighted by atomic mass is 19.3. The van der Waals surface area contributed by atoms with Crippen LogP contribution in [-0.2, 0) is 6.42 Å². The molecule has 1 heterocycles. The zero-order valence-corrected chi connectivity index (χ0v) is 9.44. The van der Waals surface area contributed by atoms with Crippen LogP contribution in [0.25, 0.3) is 0 Å². The van der Waals surface area contributed by atoms with E-state index in [0.717, 1.165) is 0 Å². The van der Waals surface area contributed by atoms with Gasteiger partial charge in [-0.1, -0.05) is 0 Å². The number of fused-ring (bicyclic) bond motifs is 1. The minimum Gasteiger partial charge on any atom is -0.493 e. The highest BCUT2D eigenvalue weighted by Gasteiger charge is 2.45. The third kappa shape index (κ3) is 2.65. The predicted octanol–water partition coefficient (Wildman–Crippen LogP) is 0.333. The van der Waals surface area contributed by atoms with Gasteiger partial charge in [-0.25, -0.2) is 0 Å². The quantitative estimate of drug-likeness (QED) is 0.603. The number of benzene rings is 1. The average Bonchev–Trinajstić information content (AvgIpc) is 2.48. The number of alkyl halides is 2. The number of hydrogen-bond donors (Lipinski definition) is 2. The summed E-state index contributed by atoms with van der Waals surface area (Å²) < 4.78 is 39.3. The van der Waals surface area contributed by atoms with Crippen molar-refractivity contribution < 1.29 is 28.1 Å². The van der Waals surface area contributed by atoms with E-state index in [-0.39, 0.29) is 23.7 Å². The molecule has 1 atom stereocenters. The summed E-state index contributed by atoms with van der Waals surface area (Å²) in [5, 5.41) is 9.28. The van der Waals surface area contributed by atoms with Crippen molar-refractivity contribution in [3.8, 4) is 17.2 Å². The molecule has 0 fully saturated rings. The molecule has 0 aliphatic carbocycles. The Labute approximate surface area is 103 Å². The summed E-state index contributed by atoms with van der Waals surface area (Å²) in [4.78, 5) is 0. The van der Waals surface area contributed by atoms with Crippen LogP contribution in [0, 0.1) is 0 Å². The first-order valence-corrected chi connectivity index (χ1v) is 4.97. The maximum absolute atomic E-state index is 12.9. The highest BCUT2D eigenvalue weighted by molar-refractivity contribution is 6.13. The van der Waals surface area contributed by atoms with Gasteiger partial charge < -0.3 is 25.1 Å². The minimum absolute atomic E-state index is 0.0453. The first-order chi connectivity index (χ1) is 8.20. The Kier molecular flexibility index (Phi) is 2.86. The van der Waals surface area contributed by atoms with E-state index in [1.54, 1.807) is 0 Å². The molecule has 0 spiro atoms. The summed E-state index contributed by atoms with van der Waals surface area (Å²) in [7, 11) is 6.52. The molecule has 0 saturated heterocycles. The second-order valence-corrected chi connectivity index (χ2v) is 3.96. The van der Waals surface area contributed by atoms with Crippen molar-refractivity contribution in [2.45, 2.75) is 18.3 Å². The lowest BCUT2D eigenvalue weighted by Gasteiger charge is -2.18. The average molecular weight is 257 g/mol. The Balaban J connectivity index is 2.38. The van der Waals surface area contributed by atoms with Gasteiger partial charge in [-0.05, 0) is 17.7 Å². The van der Waals surface area contributed by atoms with E-state index in [1.165, 1.54) is 19.2 Å². The second-order valence-electron chi connectivity index (χ2n) is 3.96. The molecule has 8 heteroatoms.